The number of anilines is 2. The molecule has 2 aliphatic rings. The van der Waals surface area contributed by atoms with Crippen molar-refractivity contribution in [2.75, 3.05) is 4.90 Å². The maximum atomic E-state index is 13.3. The fourth-order valence-electron chi connectivity index (χ4n) is 3.67. The Kier molecular flexibility index (Phi) is 4.69. The first-order chi connectivity index (χ1) is 14.1. The van der Waals surface area contributed by atoms with Crippen LogP contribution < -0.4 is 10.7 Å². The zero-order valence-electron chi connectivity index (χ0n) is 16.5. The molecule has 0 atom stereocenters. The molecule has 0 saturated heterocycles. The minimum absolute atomic E-state index is 0.0781. The van der Waals surface area contributed by atoms with Crippen LogP contribution in [0.4, 0.5) is 24.5 Å². The highest BCUT2D eigenvalue weighted by molar-refractivity contribution is 6.35. The van der Waals surface area contributed by atoms with E-state index in [4.69, 9.17) is 5.84 Å². The van der Waals surface area contributed by atoms with E-state index in [1.54, 1.807) is 12.1 Å². The lowest BCUT2D eigenvalue weighted by Gasteiger charge is -2.20. The average molecular weight is 415 g/mol. The van der Waals surface area contributed by atoms with Crippen LogP contribution in [0.1, 0.15) is 35.1 Å². The molecule has 5 nitrogen and oxygen atoms in total. The molecule has 1 fully saturated rings. The van der Waals surface area contributed by atoms with Gasteiger partial charge in [0.15, 0.2) is 0 Å². The Hall–Kier alpha value is -3.13. The first-order valence-corrected chi connectivity index (χ1v) is 9.50. The number of halogens is 3. The number of nitrogens with zero attached hydrogens (tertiary/aromatic N) is 2. The Morgan fingerprint density at radius 3 is 2.33 bits per heavy atom. The average Bonchev–Trinajstić information content (AvgIpc) is 3.45. The molecule has 0 bridgehead atoms. The van der Waals surface area contributed by atoms with Crippen LogP contribution in [0.25, 0.3) is 5.57 Å². The lowest BCUT2D eigenvalue weighted by Crippen LogP contribution is -2.34. The Morgan fingerprint density at radius 1 is 1.13 bits per heavy atom. The van der Waals surface area contributed by atoms with E-state index in [1.807, 2.05) is 19.9 Å². The summed E-state index contributed by atoms with van der Waals surface area (Å²) in [5.74, 6) is 4.84. The van der Waals surface area contributed by atoms with Crippen molar-refractivity contribution in [1.82, 2.24) is 5.01 Å². The second-order valence-electron chi connectivity index (χ2n) is 7.78. The number of rotatable bonds is 3. The van der Waals surface area contributed by atoms with Crippen LogP contribution in [-0.4, -0.2) is 16.8 Å². The fourth-order valence-corrected chi connectivity index (χ4v) is 3.67. The molecule has 2 aromatic carbocycles. The SMILES string of the molecule is Cc1cc(C)cc(N2C(=O)/C(=C\N(N)C(=O)C3CC3)c3ccc(C(F)(F)F)cc32)c1. The van der Waals surface area contributed by atoms with Crippen molar-refractivity contribution < 1.29 is 22.8 Å². The van der Waals surface area contributed by atoms with Gasteiger partial charge in [-0.15, -0.1) is 0 Å². The zero-order valence-corrected chi connectivity index (χ0v) is 16.5. The van der Waals surface area contributed by atoms with Crippen molar-refractivity contribution in [2.45, 2.75) is 32.9 Å². The summed E-state index contributed by atoms with van der Waals surface area (Å²) in [5.41, 5.74) is 1.82. The molecule has 2 amide bonds. The van der Waals surface area contributed by atoms with E-state index in [-0.39, 0.29) is 23.1 Å². The Balaban J connectivity index is 1.86. The van der Waals surface area contributed by atoms with Gasteiger partial charge in [-0.05, 0) is 62.1 Å². The van der Waals surface area contributed by atoms with Crippen LogP contribution in [0.2, 0.25) is 0 Å². The van der Waals surface area contributed by atoms with Gasteiger partial charge in [0, 0.05) is 23.4 Å². The summed E-state index contributed by atoms with van der Waals surface area (Å²) in [6, 6.07) is 8.49. The highest BCUT2D eigenvalue weighted by Gasteiger charge is 2.39. The summed E-state index contributed by atoms with van der Waals surface area (Å²) in [5, 5.41) is 0.872. The van der Waals surface area contributed by atoms with E-state index in [2.05, 4.69) is 0 Å². The summed E-state index contributed by atoms with van der Waals surface area (Å²) < 4.78 is 40.0. The number of benzene rings is 2. The third-order valence-electron chi connectivity index (χ3n) is 5.20. The van der Waals surface area contributed by atoms with Crippen LogP contribution in [0.15, 0.2) is 42.6 Å². The van der Waals surface area contributed by atoms with Crippen LogP contribution in [0.3, 0.4) is 0 Å². The van der Waals surface area contributed by atoms with Gasteiger partial charge in [0.2, 0.25) is 5.91 Å². The third-order valence-corrected chi connectivity index (χ3v) is 5.20. The Morgan fingerprint density at radius 2 is 1.77 bits per heavy atom. The molecule has 0 aromatic heterocycles. The first kappa shape index (κ1) is 20.2. The molecule has 0 unspecified atom stereocenters. The largest absolute Gasteiger partial charge is 0.416 e. The predicted octanol–water partition coefficient (Wildman–Crippen LogP) is 4.45. The minimum Gasteiger partial charge on any atom is -0.276 e. The number of carbonyl (C=O) groups excluding carboxylic acids is 2. The number of hydrazine groups is 1. The number of hydrogen-bond donors (Lipinski definition) is 1. The summed E-state index contributed by atoms with van der Waals surface area (Å²) in [4.78, 5) is 26.7. The van der Waals surface area contributed by atoms with Crippen molar-refractivity contribution in [2.24, 2.45) is 11.8 Å². The minimum atomic E-state index is -4.55. The molecule has 30 heavy (non-hydrogen) atoms. The van der Waals surface area contributed by atoms with Crippen molar-refractivity contribution in [3.63, 3.8) is 0 Å². The predicted molar refractivity (Wildman–Crippen MR) is 106 cm³/mol. The third kappa shape index (κ3) is 3.59. The van der Waals surface area contributed by atoms with Crippen molar-refractivity contribution in [3.05, 3.63) is 64.9 Å². The molecule has 1 heterocycles. The maximum Gasteiger partial charge on any atom is 0.416 e. The lowest BCUT2D eigenvalue weighted by atomic mass is 10.1. The van der Waals surface area contributed by atoms with E-state index in [9.17, 15) is 22.8 Å². The molecule has 156 valence electrons. The molecule has 1 aliphatic carbocycles. The number of hydrogen-bond acceptors (Lipinski definition) is 3. The van der Waals surface area contributed by atoms with Gasteiger partial charge in [-0.3, -0.25) is 19.5 Å². The smallest absolute Gasteiger partial charge is 0.276 e. The van der Waals surface area contributed by atoms with Gasteiger partial charge < -0.3 is 0 Å². The van der Waals surface area contributed by atoms with E-state index in [1.165, 1.54) is 17.2 Å². The second kappa shape index (κ2) is 6.98. The molecule has 1 saturated carbocycles. The standard InChI is InChI=1S/C22H20F3N3O2/c1-12-7-13(2)9-16(8-12)28-19-10-15(22(23,24)25)5-6-17(19)18(21(28)30)11-27(26)20(29)14-3-4-14/h5-11,14H,3-4,26H2,1-2H3/b18-11-. The molecule has 2 aromatic rings. The topological polar surface area (TPSA) is 66.6 Å². The highest BCUT2D eigenvalue weighted by atomic mass is 19.4. The normalized spacial score (nSPS) is 17.5. The van der Waals surface area contributed by atoms with Gasteiger partial charge in [0.05, 0.1) is 16.8 Å². The van der Waals surface area contributed by atoms with Gasteiger partial charge in [-0.2, -0.15) is 13.2 Å². The number of amides is 2. The highest BCUT2D eigenvalue weighted by Crippen LogP contribution is 2.45. The van der Waals surface area contributed by atoms with Crippen molar-refractivity contribution in [1.29, 1.82) is 0 Å². The Labute approximate surface area is 171 Å². The molecular formula is C22H20F3N3O2. The fraction of sp³-hybridized carbons (Fsp3) is 0.273. The van der Waals surface area contributed by atoms with Crippen molar-refractivity contribution >= 4 is 28.8 Å². The summed E-state index contributed by atoms with van der Waals surface area (Å²) in [6.07, 6.45) is -1.86. The second-order valence-corrected chi connectivity index (χ2v) is 7.78. The molecule has 4 rings (SSSR count). The summed E-state index contributed by atoms with van der Waals surface area (Å²) in [7, 11) is 0. The Bertz CT molecular complexity index is 1070. The van der Waals surface area contributed by atoms with Gasteiger partial charge in [0.25, 0.3) is 5.91 Å². The van der Waals surface area contributed by atoms with Crippen LogP contribution in [-0.2, 0) is 15.8 Å². The van der Waals surface area contributed by atoms with Crippen molar-refractivity contribution in [3.8, 4) is 0 Å². The molecule has 0 spiro atoms. The number of fused-ring (bicyclic) bond motifs is 1. The van der Waals surface area contributed by atoms with Crippen LogP contribution in [0.5, 0.6) is 0 Å². The number of alkyl halides is 3. The molecule has 8 heteroatoms. The molecule has 2 N–H and O–H groups in total. The van der Waals surface area contributed by atoms with E-state index in [0.29, 0.717) is 11.3 Å². The van der Waals surface area contributed by atoms with Gasteiger partial charge in [-0.1, -0.05) is 12.1 Å². The number of carbonyl (C=O) groups is 2. The van der Waals surface area contributed by atoms with Crippen LogP contribution >= 0.6 is 0 Å². The quantitative estimate of drug-likeness (QED) is 0.349. The van der Waals surface area contributed by atoms with Gasteiger partial charge in [-0.25, -0.2) is 5.84 Å². The van der Waals surface area contributed by atoms with Gasteiger partial charge >= 0.3 is 6.18 Å². The van der Waals surface area contributed by atoms with E-state index < -0.39 is 17.6 Å². The molecule has 0 radical (unpaired) electrons. The van der Waals surface area contributed by atoms with Crippen LogP contribution in [0, 0.1) is 19.8 Å². The monoisotopic (exact) mass is 415 g/mol. The summed E-state index contributed by atoms with van der Waals surface area (Å²) >= 11 is 0. The molecular weight excluding hydrogens is 395 g/mol. The van der Waals surface area contributed by atoms with E-state index >= 15 is 0 Å². The number of nitrogens with two attached hydrogens (primary N) is 1. The van der Waals surface area contributed by atoms with E-state index in [0.717, 1.165) is 41.1 Å². The number of aryl methyl sites for hydroxylation is 2. The maximum absolute atomic E-state index is 13.3. The zero-order chi connectivity index (χ0) is 21.8. The van der Waals surface area contributed by atoms with Gasteiger partial charge in [0.1, 0.15) is 0 Å². The summed E-state index contributed by atoms with van der Waals surface area (Å²) in [6.45, 7) is 3.69. The molecule has 1 aliphatic heterocycles. The lowest BCUT2D eigenvalue weighted by molar-refractivity contribution is -0.137. The first-order valence-electron chi connectivity index (χ1n) is 9.50.